The fraction of sp³-hybridized carbons (Fsp3) is 0.517. The largest absolute Gasteiger partial charge is 0.386 e. The molecule has 7 nitrogen and oxygen atoms in total. The predicted molar refractivity (Wildman–Crippen MR) is 139 cm³/mol. The summed E-state index contributed by atoms with van der Waals surface area (Å²) in [5.74, 6) is 1.13. The van der Waals surface area contributed by atoms with Gasteiger partial charge in [0.15, 0.2) is 11.6 Å². The fourth-order valence-corrected chi connectivity index (χ4v) is 5.16. The van der Waals surface area contributed by atoms with E-state index >= 15 is 0 Å². The van der Waals surface area contributed by atoms with Crippen LogP contribution in [0.2, 0.25) is 0 Å². The highest BCUT2D eigenvalue weighted by Crippen LogP contribution is 2.26. The number of piperidine rings is 1. The Kier molecular flexibility index (Phi) is 7.88. The second kappa shape index (κ2) is 10.9. The Hall–Kier alpha value is -3.06. The molecule has 0 radical (unpaired) electrons. The van der Waals surface area contributed by atoms with Gasteiger partial charge < -0.3 is 14.6 Å². The third-order valence-electron chi connectivity index (χ3n) is 7.46. The molecular formula is C29H37N3O4. The summed E-state index contributed by atoms with van der Waals surface area (Å²) < 4.78 is 1.89. The van der Waals surface area contributed by atoms with Crippen molar-refractivity contribution in [2.24, 2.45) is 5.92 Å². The molecule has 7 heteroatoms. The number of nitrogens with zero attached hydrogens (tertiary/aromatic N) is 3. The van der Waals surface area contributed by atoms with Crippen LogP contribution in [-0.2, 0) is 10.4 Å². The maximum Gasteiger partial charge on any atom is 0.222 e. The smallest absolute Gasteiger partial charge is 0.222 e. The molecule has 192 valence electrons. The first-order chi connectivity index (χ1) is 17.1. The molecule has 0 bridgehead atoms. The van der Waals surface area contributed by atoms with Crippen LogP contribution in [0.1, 0.15) is 97.4 Å². The predicted octanol–water partition coefficient (Wildman–Crippen LogP) is 4.92. The van der Waals surface area contributed by atoms with E-state index in [2.05, 4.69) is 4.98 Å². The molecule has 36 heavy (non-hydrogen) atoms. The zero-order chi connectivity index (χ0) is 25.9. The molecule has 0 aliphatic carbocycles. The Morgan fingerprint density at radius 3 is 2.47 bits per heavy atom. The summed E-state index contributed by atoms with van der Waals surface area (Å²) in [5.41, 5.74) is 2.41. The Morgan fingerprint density at radius 2 is 1.81 bits per heavy atom. The van der Waals surface area contributed by atoms with Gasteiger partial charge in [0.05, 0.1) is 11.8 Å². The van der Waals surface area contributed by atoms with Gasteiger partial charge in [-0.3, -0.25) is 14.4 Å². The summed E-state index contributed by atoms with van der Waals surface area (Å²) in [6, 6.07) is 7.21. The van der Waals surface area contributed by atoms with E-state index in [4.69, 9.17) is 0 Å². The lowest BCUT2D eigenvalue weighted by atomic mass is 9.87. The number of likely N-dealkylation sites (tertiary alicyclic amines) is 1. The van der Waals surface area contributed by atoms with E-state index in [0.717, 1.165) is 37.1 Å². The van der Waals surface area contributed by atoms with Crippen molar-refractivity contribution in [1.82, 2.24) is 14.5 Å². The first-order valence-electron chi connectivity index (χ1n) is 13.0. The first-order valence-corrected chi connectivity index (χ1v) is 13.0. The second-order valence-corrected chi connectivity index (χ2v) is 10.6. The molecule has 4 rings (SSSR count). The number of hydrogen-bond donors (Lipinski definition) is 1. The number of ketones is 2. The normalized spacial score (nSPS) is 17.3. The van der Waals surface area contributed by atoms with Crippen LogP contribution in [0.25, 0.3) is 6.20 Å². The van der Waals surface area contributed by atoms with Crippen molar-refractivity contribution in [3.05, 3.63) is 58.7 Å². The van der Waals surface area contributed by atoms with Crippen molar-refractivity contribution in [3.63, 3.8) is 0 Å². The Balaban J connectivity index is 1.26. The molecule has 1 N–H and O–H groups in total. The lowest BCUT2D eigenvalue weighted by molar-refractivity contribution is -0.132. The lowest BCUT2D eigenvalue weighted by Crippen LogP contribution is -2.40. The number of amides is 1. The van der Waals surface area contributed by atoms with Crippen LogP contribution < -0.4 is 0 Å². The zero-order valence-corrected chi connectivity index (χ0v) is 21.6. The summed E-state index contributed by atoms with van der Waals surface area (Å²) in [7, 11) is 0. The van der Waals surface area contributed by atoms with E-state index in [1.54, 1.807) is 32.2 Å². The molecule has 1 amide bonds. The van der Waals surface area contributed by atoms with Gasteiger partial charge in [-0.2, -0.15) is 0 Å². The molecule has 1 aromatic carbocycles. The molecule has 2 aromatic rings. The number of aromatic nitrogens is 2. The van der Waals surface area contributed by atoms with Gasteiger partial charge in [0.2, 0.25) is 5.91 Å². The number of allylic oxidation sites excluding steroid dienone is 1. The quantitative estimate of drug-likeness (QED) is 0.555. The molecule has 1 fully saturated rings. The van der Waals surface area contributed by atoms with E-state index in [1.165, 1.54) is 5.57 Å². The highest BCUT2D eigenvalue weighted by Gasteiger charge is 2.28. The zero-order valence-electron chi connectivity index (χ0n) is 21.6. The molecule has 2 aliphatic heterocycles. The van der Waals surface area contributed by atoms with Crippen molar-refractivity contribution < 1.29 is 19.5 Å². The molecule has 0 atom stereocenters. The Bertz CT molecular complexity index is 1150. The van der Waals surface area contributed by atoms with Crippen LogP contribution >= 0.6 is 0 Å². The van der Waals surface area contributed by atoms with Gasteiger partial charge in [-0.1, -0.05) is 29.8 Å². The number of aryl methyl sites for hydroxylation is 1. The van der Waals surface area contributed by atoms with Crippen LogP contribution in [-0.4, -0.2) is 50.1 Å². The van der Waals surface area contributed by atoms with Gasteiger partial charge in [0, 0.05) is 43.6 Å². The Morgan fingerprint density at radius 1 is 1.11 bits per heavy atom. The molecular weight excluding hydrogens is 454 g/mol. The third-order valence-corrected chi connectivity index (χ3v) is 7.46. The average molecular weight is 492 g/mol. The molecule has 1 aromatic heterocycles. The van der Waals surface area contributed by atoms with Crippen LogP contribution in [0.15, 0.2) is 36.0 Å². The lowest BCUT2D eigenvalue weighted by Gasteiger charge is -2.31. The van der Waals surface area contributed by atoms with Crippen LogP contribution in [0.4, 0.5) is 0 Å². The number of aliphatic hydroxyl groups is 1. The summed E-state index contributed by atoms with van der Waals surface area (Å²) in [4.78, 5) is 44.2. The minimum absolute atomic E-state index is 0.0718. The minimum atomic E-state index is -0.931. The maximum atomic E-state index is 12.9. The van der Waals surface area contributed by atoms with Gasteiger partial charge in [-0.25, -0.2) is 4.98 Å². The molecule has 0 saturated carbocycles. The Labute approximate surface area is 213 Å². The second-order valence-electron chi connectivity index (χ2n) is 10.6. The highest BCUT2D eigenvalue weighted by atomic mass is 16.3. The molecule has 3 heterocycles. The number of benzene rings is 1. The minimum Gasteiger partial charge on any atom is -0.386 e. The van der Waals surface area contributed by atoms with E-state index in [0.29, 0.717) is 50.0 Å². The summed E-state index contributed by atoms with van der Waals surface area (Å²) >= 11 is 0. The van der Waals surface area contributed by atoms with E-state index in [-0.39, 0.29) is 23.4 Å². The summed E-state index contributed by atoms with van der Waals surface area (Å²) in [6.07, 6.45) is 9.35. The average Bonchev–Trinajstić information content (AvgIpc) is 3.21. The van der Waals surface area contributed by atoms with Gasteiger partial charge in [0.1, 0.15) is 11.5 Å². The van der Waals surface area contributed by atoms with Crippen LogP contribution in [0.5, 0.6) is 0 Å². The SMILES string of the molecule is Cc1ncc2n1C=C(CCCC(=O)N1CCC(C(=O)c3ccc(C(C)(C)O)cc3)CC1)CCCC2=O. The van der Waals surface area contributed by atoms with Crippen molar-refractivity contribution >= 4 is 23.7 Å². The van der Waals surface area contributed by atoms with Crippen molar-refractivity contribution in [2.75, 3.05) is 13.1 Å². The van der Waals surface area contributed by atoms with Crippen LogP contribution in [0.3, 0.4) is 0 Å². The first kappa shape index (κ1) is 26.0. The fourth-order valence-electron chi connectivity index (χ4n) is 5.16. The van der Waals surface area contributed by atoms with Crippen molar-refractivity contribution in [3.8, 4) is 0 Å². The van der Waals surface area contributed by atoms with E-state index < -0.39 is 5.60 Å². The highest BCUT2D eigenvalue weighted by molar-refractivity contribution is 5.98. The summed E-state index contributed by atoms with van der Waals surface area (Å²) in [5, 5.41) is 10.1. The topological polar surface area (TPSA) is 92.5 Å². The molecule has 0 spiro atoms. The number of rotatable bonds is 7. The van der Waals surface area contributed by atoms with E-state index in [1.807, 2.05) is 34.7 Å². The number of hydrogen-bond acceptors (Lipinski definition) is 5. The van der Waals surface area contributed by atoms with Gasteiger partial charge >= 0.3 is 0 Å². The van der Waals surface area contributed by atoms with E-state index in [9.17, 15) is 19.5 Å². The molecule has 0 unspecified atom stereocenters. The van der Waals surface area contributed by atoms with Gasteiger partial charge in [-0.15, -0.1) is 0 Å². The number of Topliss-reactive ketones (excluding diaryl/α,β-unsaturated/α-hetero) is 2. The third kappa shape index (κ3) is 6.01. The number of fused-ring (bicyclic) bond motifs is 1. The monoisotopic (exact) mass is 491 g/mol. The standard InChI is InChI=1S/C29H37N3O4/c1-20-30-18-25-26(33)8-4-6-21(19-32(20)25)7-5-9-27(34)31-16-14-23(15-17-31)28(35)22-10-12-24(13-11-22)29(2,3)36/h10-13,18-19,23,36H,4-9,14-17H2,1-3H3. The summed E-state index contributed by atoms with van der Waals surface area (Å²) in [6.45, 7) is 6.57. The number of imidazole rings is 1. The van der Waals surface area contributed by atoms with Crippen LogP contribution in [0, 0.1) is 12.8 Å². The number of carbonyl (C=O) groups is 3. The molecule has 2 aliphatic rings. The van der Waals surface area contributed by atoms with Crippen molar-refractivity contribution in [2.45, 2.75) is 77.7 Å². The van der Waals surface area contributed by atoms with Gasteiger partial charge in [-0.05, 0) is 64.9 Å². The number of carbonyl (C=O) groups excluding carboxylic acids is 3. The maximum absolute atomic E-state index is 12.9. The van der Waals surface area contributed by atoms with Crippen molar-refractivity contribution in [1.29, 1.82) is 0 Å². The van der Waals surface area contributed by atoms with Gasteiger partial charge in [0.25, 0.3) is 0 Å². The molecule has 1 saturated heterocycles.